The largest absolute Gasteiger partial charge is 0.416 e. The number of nitrogens with zero attached hydrogens (tertiary/aromatic N) is 4. The number of sulfonamides is 1. The van der Waals surface area contributed by atoms with Crippen LogP contribution in [0.15, 0.2) is 35.4 Å². The van der Waals surface area contributed by atoms with Crippen molar-refractivity contribution in [1.82, 2.24) is 24.6 Å². The number of fused-ring (bicyclic) bond motifs is 2. The van der Waals surface area contributed by atoms with E-state index in [0.717, 1.165) is 24.3 Å². The number of carbonyl (C=O) groups excluding carboxylic acids is 1. The SMILES string of the molecule is O=C(c1cn[nH]n1)N1CC2CCC(C1)N2S(=O)(=O)c1ccc(C(F)(F)F)cc1. The molecule has 28 heavy (non-hydrogen) atoms. The van der Waals surface area contributed by atoms with Crippen molar-refractivity contribution >= 4 is 15.9 Å². The van der Waals surface area contributed by atoms with E-state index < -0.39 is 33.8 Å². The predicted molar refractivity (Wildman–Crippen MR) is 89.6 cm³/mol. The van der Waals surface area contributed by atoms with Gasteiger partial charge in [0.2, 0.25) is 10.0 Å². The third kappa shape index (κ3) is 3.15. The highest BCUT2D eigenvalue weighted by molar-refractivity contribution is 7.89. The van der Waals surface area contributed by atoms with E-state index in [0.29, 0.717) is 12.8 Å². The molecule has 1 aromatic heterocycles. The monoisotopic (exact) mass is 415 g/mol. The quantitative estimate of drug-likeness (QED) is 0.819. The fourth-order valence-electron chi connectivity index (χ4n) is 3.83. The number of alkyl halides is 3. The first-order valence-corrected chi connectivity index (χ1v) is 9.98. The number of rotatable bonds is 3. The average Bonchev–Trinajstić information content (AvgIpc) is 3.27. The van der Waals surface area contributed by atoms with Crippen LogP contribution >= 0.6 is 0 Å². The smallest absolute Gasteiger partial charge is 0.334 e. The molecule has 0 radical (unpaired) electrons. The van der Waals surface area contributed by atoms with Crippen LogP contribution in [-0.4, -0.2) is 64.1 Å². The summed E-state index contributed by atoms with van der Waals surface area (Å²) in [7, 11) is -3.97. The van der Waals surface area contributed by atoms with Gasteiger partial charge in [-0.05, 0) is 37.1 Å². The third-order valence-electron chi connectivity index (χ3n) is 5.09. The van der Waals surface area contributed by atoms with Gasteiger partial charge < -0.3 is 4.90 Å². The molecular formula is C16H16F3N5O3S. The molecule has 150 valence electrons. The highest BCUT2D eigenvalue weighted by atomic mass is 32.2. The van der Waals surface area contributed by atoms with Crippen LogP contribution in [0.1, 0.15) is 28.9 Å². The summed E-state index contributed by atoms with van der Waals surface area (Å²) in [6.45, 7) is 0.393. The lowest BCUT2D eigenvalue weighted by Crippen LogP contribution is -2.57. The molecule has 2 aliphatic rings. The summed E-state index contributed by atoms with van der Waals surface area (Å²) in [4.78, 5) is 13.8. The lowest BCUT2D eigenvalue weighted by Gasteiger charge is -2.39. The first kappa shape index (κ1) is 18.9. The fourth-order valence-corrected chi connectivity index (χ4v) is 5.68. The Balaban J connectivity index is 1.56. The Morgan fingerprint density at radius 2 is 1.71 bits per heavy atom. The van der Waals surface area contributed by atoms with E-state index in [1.807, 2.05) is 0 Å². The van der Waals surface area contributed by atoms with Crippen molar-refractivity contribution in [2.24, 2.45) is 0 Å². The van der Waals surface area contributed by atoms with E-state index >= 15 is 0 Å². The summed E-state index contributed by atoms with van der Waals surface area (Å²) in [6, 6.07) is 2.62. The molecule has 2 saturated heterocycles. The number of hydrogen-bond donors (Lipinski definition) is 1. The standard InChI is InChI=1S/C16H16F3N5O3S/c17-16(18,19)10-1-5-13(6-2-10)28(26,27)24-11-3-4-12(24)9-23(8-11)15(25)14-7-20-22-21-14/h1-2,5-7,11-12H,3-4,8-9H2,(H,20,21,22). The van der Waals surface area contributed by atoms with Gasteiger partial charge in [-0.25, -0.2) is 8.42 Å². The van der Waals surface area contributed by atoms with Crippen LogP contribution in [0.2, 0.25) is 0 Å². The van der Waals surface area contributed by atoms with Crippen molar-refractivity contribution in [2.75, 3.05) is 13.1 Å². The molecule has 0 spiro atoms. The number of halogens is 3. The van der Waals surface area contributed by atoms with Gasteiger partial charge in [-0.3, -0.25) is 4.79 Å². The van der Waals surface area contributed by atoms with Gasteiger partial charge >= 0.3 is 6.18 Å². The second-order valence-corrected chi connectivity index (χ2v) is 8.65. The van der Waals surface area contributed by atoms with E-state index in [2.05, 4.69) is 15.4 Å². The normalized spacial score (nSPS) is 23.2. The minimum atomic E-state index is -4.53. The zero-order valence-corrected chi connectivity index (χ0v) is 15.2. The number of likely N-dealkylation sites (tertiary alicyclic amines) is 1. The Bertz CT molecular complexity index is 962. The molecule has 2 fully saturated rings. The van der Waals surface area contributed by atoms with Crippen molar-refractivity contribution in [1.29, 1.82) is 0 Å². The summed E-state index contributed by atoms with van der Waals surface area (Å²) in [5.74, 6) is -0.336. The van der Waals surface area contributed by atoms with Crippen molar-refractivity contribution in [3.8, 4) is 0 Å². The third-order valence-corrected chi connectivity index (χ3v) is 7.11. The van der Waals surface area contributed by atoms with Crippen molar-refractivity contribution in [2.45, 2.75) is 36.0 Å². The second-order valence-electron chi connectivity index (χ2n) is 6.81. The first-order valence-electron chi connectivity index (χ1n) is 8.54. The van der Waals surface area contributed by atoms with Crippen LogP contribution in [0, 0.1) is 0 Å². The molecule has 8 nitrogen and oxygen atoms in total. The van der Waals surface area contributed by atoms with Gasteiger partial charge in [0, 0.05) is 25.2 Å². The minimum absolute atomic E-state index is 0.151. The predicted octanol–water partition coefficient (Wildman–Crippen LogP) is 1.50. The molecule has 1 amide bonds. The molecule has 4 rings (SSSR count). The highest BCUT2D eigenvalue weighted by Gasteiger charge is 2.48. The second kappa shape index (κ2) is 6.55. The fraction of sp³-hybridized carbons (Fsp3) is 0.438. The van der Waals surface area contributed by atoms with Crippen LogP contribution in [0.4, 0.5) is 13.2 Å². The van der Waals surface area contributed by atoms with Gasteiger partial charge in [-0.2, -0.15) is 32.9 Å². The number of hydrogen-bond acceptors (Lipinski definition) is 5. The molecule has 1 N–H and O–H groups in total. The number of benzene rings is 1. The molecule has 0 saturated carbocycles. The number of aromatic nitrogens is 3. The minimum Gasteiger partial charge on any atom is -0.334 e. The highest BCUT2D eigenvalue weighted by Crippen LogP contribution is 2.36. The molecule has 1 aromatic carbocycles. The maximum atomic E-state index is 13.0. The molecular weight excluding hydrogens is 399 g/mol. The molecule has 2 aliphatic heterocycles. The van der Waals surface area contributed by atoms with Gasteiger partial charge in [0.05, 0.1) is 16.7 Å². The van der Waals surface area contributed by atoms with Gasteiger partial charge in [0.15, 0.2) is 5.69 Å². The maximum absolute atomic E-state index is 13.0. The number of carbonyl (C=O) groups is 1. The van der Waals surface area contributed by atoms with E-state index in [-0.39, 0.29) is 29.6 Å². The Morgan fingerprint density at radius 1 is 1.11 bits per heavy atom. The summed E-state index contributed by atoms with van der Waals surface area (Å²) >= 11 is 0. The lowest BCUT2D eigenvalue weighted by molar-refractivity contribution is -0.137. The zero-order valence-electron chi connectivity index (χ0n) is 14.4. The van der Waals surface area contributed by atoms with Crippen LogP contribution in [0.25, 0.3) is 0 Å². The number of aromatic amines is 1. The topological polar surface area (TPSA) is 99.3 Å². The summed E-state index contributed by atoms with van der Waals surface area (Å²) in [5, 5.41) is 9.72. The maximum Gasteiger partial charge on any atom is 0.416 e. The lowest BCUT2D eigenvalue weighted by atomic mass is 10.2. The summed E-state index contributed by atoms with van der Waals surface area (Å²) < 4.78 is 65.6. The van der Waals surface area contributed by atoms with E-state index in [1.165, 1.54) is 10.5 Å². The molecule has 2 atom stereocenters. The summed E-state index contributed by atoms with van der Waals surface area (Å²) in [6.07, 6.45) is -2.08. The molecule has 3 heterocycles. The van der Waals surface area contributed by atoms with Gasteiger partial charge in [-0.1, -0.05) is 0 Å². The van der Waals surface area contributed by atoms with Crippen molar-refractivity contribution in [3.05, 3.63) is 41.7 Å². The molecule has 2 unspecified atom stereocenters. The van der Waals surface area contributed by atoms with Gasteiger partial charge in [-0.15, -0.1) is 0 Å². The Morgan fingerprint density at radius 3 is 2.21 bits per heavy atom. The zero-order chi connectivity index (χ0) is 20.1. The molecule has 12 heteroatoms. The molecule has 2 bridgehead atoms. The van der Waals surface area contributed by atoms with Gasteiger partial charge in [0.1, 0.15) is 0 Å². The number of H-pyrrole nitrogens is 1. The Labute approximate surface area is 158 Å². The van der Waals surface area contributed by atoms with E-state index in [9.17, 15) is 26.4 Å². The molecule has 2 aromatic rings. The number of nitrogens with one attached hydrogen (secondary N) is 1. The van der Waals surface area contributed by atoms with Crippen LogP contribution in [0.5, 0.6) is 0 Å². The number of amides is 1. The van der Waals surface area contributed by atoms with E-state index in [1.54, 1.807) is 4.90 Å². The van der Waals surface area contributed by atoms with Crippen molar-refractivity contribution in [3.63, 3.8) is 0 Å². The van der Waals surface area contributed by atoms with Crippen LogP contribution in [0.3, 0.4) is 0 Å². The molecule has 0 aliphatic carbocycles. The van der Waals surface area contributed by atoms with Gasteiger partial charge in [0.25, 0.3) is 5.91 Å². The summed E-state index contributed by atoms with van der Waals surface area (Å²) in [5.41, 5.74) is -0.754. The number of piperazine rings is 1. The Kier molecular flexibility index (Phi) is 4.42. The Hall–Kier alpha value is -2.47. The van der Waals surface area contributed by atoms with Crippen LogP contribution < -0.4 is 0 Å². The van der Waals surface area contributed by atoms with Crippen LogP contribution in [-0.2, 0) is 16.2 Å². The first-order chi connectivity index (χ1) is 13.2. The average molecular weight is 415 g/mol. The van der Waals surface area contributed by atoms with Crippen molar-refractivity contribution < 1.29 is 26.4 Å². The van der Waals surface area contributed by atoms with E-state index in [4.69, 9.17) is 0 Å².